The molecule has 0 saturated heterocycles. The van der Waals surface area contributed by atoms with Crippen molar-refractivity contribution in [2.24, 2.45) is 5.92 Å². The maximum absolute atomic E-state index is 12.5. The number of H-pyrrole nitrogens is 1. The summed E-state index contributed by atoms with van der Waals surface area (Å²) in [7, 11) is -3.24. The van der Waals surface area contributed by atoms with Crippen LogP contribution in [0, 0.1) is 19.8 Å². The van der Waals surface area contributed by atoms with Crippen LogP contribution in [0.5, 0.6) is 0 Å². The molecule has 0 spiro atoms. The third-order valence-electron chi connectivity index (χ3n) is 4.15. The van der Waals surface area contributed by atoms with Crippen molar-refractivity contribution in [2.45, 2.75) is 40.2 Å². The van der Waals surface area contributed by atoms with Crippen LogP contribution >= 0.6 is 0 Å². The molecule has 0 saturated carbocycles. The number of ketones is 2. The van der Waals surface area contributed by atoms with Crippen LogP contribution in [0.4, 0.5) is 0 Å². The molecule has 25 heavy (non-hydrogen) atoms. The van der Waals surface area contributed by atoms with Crippen LogP contribution < -0.4 is 0 Å². The van der Waals surface area contributed by atoms with Gasteiger partial charge >= 0.3 is 5.97 Å². The Morgan fingerprint density at radius 1 is 1.32 bits per heavy atom. The smallest absolute Gasteiger partial charge is 0.307 e. The maximum atomic E-state index is 12.5. The zero-order chi connectivity index (χ0) is 18.9. The highest BCUT2D eigenvalue weighted by atomic mass is 32.2. The maximum Gasteiger partial charge on any atom is 0.307 e. The van der Waals surface area contributed by atoms with Crippen LogP contribution in [-0.4, -0.2) is 42.8 Å². The highest BCUT2D eigenvalue weighted by Gasteiger charge is 2.28. The van der Waals surface area contributed by atoms with E-state index in [9.17, 15) is 22.8 Å². The second-order valence-electron chi connectivity index (χ2n) is 6.30. The van der Waals surface area contributed by atoms with Crippen molar-refractivity contribution in [3.8, 4) is 0 Å². The summed E-state index contributed by atoms with van der Waals surface area (Å²) < 4.78 is 27.8. The zero-order valence-corrected chi connectivity index (χ0v) is 15.4. The van der Waals surface area contributed by atoms with Gasteiger partial charge in [0.15, 0.2) is 21.7 Å². The van der Waals surface area contributed by atoms with Gasteiger partial charge in [-0.15, -0.1) is 0 Å². The summed E-state index contributed by atoms with van der Waals surface area (Å²) >= 11 is 0. The number of allylic oxidation sites excluding steroid dienone is 1. The fraction of sp³-hybridized carbons (Fsp3) is 0.471. The van der Waals surface area contributed by atoms with Crippen LogP contribution in [0.15, 0.2) is 11.5 Å². The quantitative estimate of drug-likeness (QED) is 0.607. The average molecular weight is 367 g/mol. The number of rotatable bonds is 6. The van der Waals surface area contributed by atoms with Gasteiger partial charge in [-0.25, -0.2) is 8.42 Å². The van der Waals surface area contributed by atoms with E-state index in [1.807, 2.05) is 0 Å². The van der Waals surface area contributed by atoms with E-state index >= 15 is 0 Å². The molecule has 0 bridgehead atoms. The van der Waals surface area contributed by atoms with E-state index in [0.717, 1.165) is 5.41 Å². The van der Waals surface area contributed by atoms with Gasteiger partial charge in [-0.05, 0) is 33.3 Å². The largest absolute Gasteiger partial charge is 0.454 e. The van der Waals surface area contributed by atoms with E-state index in [4.69, 9.17) is 4.74 Å². The number of nitrogens with one attached hydrogen (secondary N) is 1. The van der Waals surface area contributed by atoms with E-state index in [-0.39, 0.29) is 23.7 Å². The van der Waals surface area contributed by atoms with E-state index in [2.05, 4.69) is 4.98 Å². The number of aromatic amines is 1. The van der Waals surface area contributed by atoms with Gasteiger partial charge in [-0.3, -0.25) is 14.4 Å². The molecule has 0 unspecified atom stereocenters. The lowest BCUT2D eigenvalue weighted by Crippen LogP contribution is -2.26. The van der Waals surface area contributed by atoms with Crippen molar-refractivity contribution in [2.75, 3.05) is 5.75 Å². The lowest BCUT2D eigenvalue weighted by molar-refractivity contribution is -0.146. The normalized spacial score (nSPS) is 19.6. The Kier molecular flexibility index (Phi) is 5.31. The second kappa shape index (κ2) is 6.95. The topological polar surface area (TPSA) is 110 Å². The Morgan fingerprint density at radius 2 is 1.96 bits per heavy atom. The van der Waals surface area contributed by atoms with Gasteiger partial charge in [0.05, 0.1) is 17.9 Å². The lowest BCUT2D eigenvalue weighted by Gasteiger charge is -2.13. The fourth-order valence-electron chi connectivity index (χ4n) is 3.01. The summed E-state index contributed by atoms with van der Waals surface area (Å²) in [6.45, 7) is 6.23. The first-order valence-corrected chi connectivity index (χ1v) is 9.58. The van der Waals surface area contributed by atoms with Crippen LogP contribution in [0.3, 0.4) is 0 Å². The zero-order valence-electron chi connectivity index (χ0n) is 14.6. The van der Waals surface area contributed by atoms with Gasteiger partial charge in [0, 0.05) is 22.6 Å². The van der Waals surface area contributed by atoms with E-state index in [1.165, 1.54) is 19.9 Å². The SMILES string of the molecule is CC(=O)c1c(C)[nH]c(C(=O)[C@@H](C)OC(=O)C[C@@H]2C=CS(=O)(=O)C2)c1C. The van der Waals surface area contributed by atoms with Crippen molar-refractivity contribution in [1.82, 2.24) is 4.98 Å². The standard InChI is InChI=1S/C17H21NO6S/c1-9-15(11(3)19)10(2)18-16(9)17(21)12(4)24-14(20)7-13-5-6-25(22,23)8-13/h5-6,12-13,18H,7-8H2,1-4H3/t12-,13+/m1/s1. The van der Waals surface area contributed by atoms with Crippen LogP contribution in [0.1, 0.15) is 52.4 Å². The number of aryl methyl sites for hydroxylation is 1. The predicted molar refractivity (Wildman–Crippen MR) is 91.2 cm³/mol. The molecule has 1 aromatic heterocycles. The minimum Gasteiger partial charge on any atom is -0.454 e. The minimum atomic E-state index is -3.24. The Balaban J connectivity index is 2.03. The summed E-state index contributed by atoms with van der Waals surface area (Å²) in [5, 5.41) is 1.09. The number of carbonyl (C=O) groups excluding carboxylic acids is 3. The Morgan fingerprint density at radius 3 is 2.44 bits per heavy atom. The molecule has 2 rings (SSSR count). The number of esters is 1. The molecule has 136 valence electrons. The third-order valence-corrected chi connectivity index (χ3v) is 5.61. The monoisotopic (exact) mass is 367 g/mol. The Labute approximate surface area is 146 Å². The van der Waals surface area contributed by atoms with Crippen molar-refractivity contribution >= 4 is 27.4 Å². The molecule has 7 nitrogen and oxygen atoms in total. The van der Waals surface area contributed by atoms with Crippen molar-refractivity contribution in [3.05, 3.63) is 34.0 Å². The van der Waals surface area contributed by atoms with Gasteiger partial charge in [-0.1, -0.05) is 6.08 Å². The van der Waals surface area contributed by atoms with Crippen molar-refractivity contribution < 1.29 is 27.5 Å². The molecule has 0 radical (unpaired) electrons. The van der Waals surface area contributed by atoms with Gasteiger partial charge in [0.1, 0.15) is 0 Å². The van der Waals surface area contributed by atoms with Gasteiger partial charge in [-0.2, -0.15) is 0 Å². The fourth-order valence-corrected chi connectivity index (χ4v) is 4.41. The molecule has 1 aliphatic heterocycles. The molecule has 1 aliphatic rings. The van der Waals surface area contributed by atoms with Gasteiger partial charge in [0.25, 0.3) is 0 Å². The first-order valence-electron chi connectivity index (χ1n) is 7.86. The molecule has 0 aliphatic carbocycles. The number of Topliss-reactive ketones (excluding diaryl/α,β-unsaturated/α-hetero) is 2. The molecule has 1 N–H and O–H groups in total. The molecular formula is C17H21NO6S. The van der Waals surface area contributed by atoms with Crippen molar-refractivity contribution in [3.63, 3.8) is 0 Å². The number of aromatic nitrogens is 1. The molecule has 8 heteroatoms. The first kappa shape index (κ1) is 19.1. The molecule has 0 aromatic carbocycles. The van der Waals surface area contributed by atoms with E-state index < -0.39 is 33.6 Å². The molecule has 0 amide bonds. The number of sulfone groups is 1. The summed E-state index contributed by atoms with van der Waals surface area (Å²) in [4.78, 5) is 39.0. The number of hydrogen-bond donors (Lipinski definition) is 1. The second-order valence-corrected chi connectivity index (χ2v) is 8.23. The average Bonchev–Trinajstić information content (AvgIpc) is 2.96. The number of ether oxygens (including phenoxy) is 1. The van der Waals surface area contributed by atoms with Crippen LogP contribution in [0.2, 0.25) is 0 Å². The lowest BCUT2D eigenvalue weighted by atomic mass is 10.0. The molecule has 0 fully saturated rings. The minimum absolute atomic E-state index is 0.102. The highest BCUT2D eigenvalue weighted by Crippen LogP contribution is 2.22. The molecule has 2 heterocycles. The van der Waals surface area contributed by atoms with Crippen molar-refractivity contribution in [1.29, 1.82) is 0 Å². The van der Waals surface area contributed by atoms with Gasteiger partial charge < -0.3 is 9.72 Å². The number of carbonyl (C=O) groups is 3. The third kappa shape index (κ3) is 4.25. The first-order chi connectivity index (χ1) is 11.5. The van der Waals surface area contributed by atoms with Crippen LogP contribution in [0.25, 0.3) is 0 Å². The highest BCUT2D eigenvalue weighted by molar-refractivity contribution is 7.94. The van der Waals surface area contributed by atoms with Crippen LogP contribution in [-0.2, 0) is 19.4 Å². The van der Waals surface area contributed by atoms with E-state index in [0.29, 0.717) is 16.8 Å². The van der Waals surface area contributed by atoms with E-state index in [1.54, 1.807) is 13.8 Å². The summed E-state index contributed by atoms with van der Waals surface area (Å²) in [6, 6.07) is 0. The summed E-state index contributed by atoms with van der Waals surface area (Å²) in [6.07, 6.45) is 0.321. The molecule has 1 aromatic rings. The summed E-state index contributed by atoms with van der Waals surface area (Å²) in [5.41, 5.74) is 1.82. The Hall–Kier alpha value is -2.22. The predicted octanol–water partition coefficient (Wildman–Crippen LogP) is 1.90. The van der Waals surface area contributed by atoms with Gasteiger partial charge in [0.2, 0.25) is 5.78 Å². The summed E-state index contributed by atoms with van der Waals surface area (Å²) in [5.74, 6) is -1.78. The number of hydrogen-bond acceptors (Lipinski definition) is 6. The molecule has 2 atom stereocenters. The molecular weight excluding hydrogens is 346 g/mol. The Bertz CT molecular complexity index is 862.